The fourth-order valence-electron chi connectivity index (χ4n) is 2.33. The number of nitrogens with zero attached hydrogens (tertiary/aromatic N) is 3. The topological polar surface area (TPSA) is 58.1 Å². The summed E-state index contributed by atoms with van der Waals surface area (Å²) in [7, 11) is 0. The molecule has 0 bridgehead atoms. The predicted octanol–water partition coefficient (Wildman–Crippen LogP) is 3.35. The maximum Gasteiger partial charge on any atom is 0.274 e. The van der Waals surface area contributed by atoms with E-state index >= 15 is 0 Å². The maximum atomic E-state index is 12.4. The average Bonchev–Trinajstić information content (AvgIpc) is 2.60. The molecule has 0 aliphatic rings. The molecule has 5 nitrogen and oxygen atoms in total. The molecule has 0 radical (unpaired) electrons. The van der Waals surface area contributed by atoms with Gasteiger partial charge in [0.15, 0.2) is 0 Å². The van der Waals surface area contributed by atoms with Crippen molar-refractivity contribution in [2.45, 2.75) is 33.2 Å². The average molecular weight is 312 g/mol. The van der Waals surface area contributed by atoms with Crippen LogP contribution >= 0.6 is 0 Å². The molecule has 0 spiro atoms. The quantitative estimate of drug-likeness (QED) is 0.812. The van der Waals surface area contributed by atoms with Gasteiger partial charge >= 0.3 is 0 Å². The summed E-state index contributed by atoms with van der Waals surface area (Å²) in [5.74, 6) is 0.624. The lowest BCUT2D eigenvalue weighted by Gasteiger charge is -2.20. The molecule has 0 atom stereocenters. The van der Waals surface area contributed by atoms with E-state index in [1.54, 1.807) is 12.4 Å². The first-order chi connectivity index (χ1) is 11.2. The second-order valence-corrected chi connectivity index (χ2v) is 5.42. The van der Waals surface area contributed by atoms with Crippen LogP contribution in [0.1, 0.15) is 42.7 Å². The van der Waals surface area contributed by atoms with E-state index in [-0.39, 0.29) is 5.91 Å². The molecule has 23 heavy (non-hydrogen) atoms. The first-order valence-corrected chi connectivity index (χ1v) is 8.13. The highest BCUT2D eigenvalue weighted by Gasteiger charge is 2.15. The van der Waals surface area contributed by atoms with E-state index in [4.69, 9.17) is 0 Å². The highest BCUT2D eigenvalue weighted by atomic mass is 16.2. The normalized spacial score (nSPS) is 10.3. The maximum absolute atomic E-state index is 12.4. The third-order valence-electron chi connectivity index (χ3n) is 3.46. The van der Waals surface area contributed by atoms with Gasteiger partial charge in [-0.15, -0.1) is 0 Å². The van der Waals surface area contributed by atoms with Crippen LogP contribution in [0.3, 0.4) is 0 Å². The first kappa shape index (κ1) is 16.9. The number of hydrogen-bond acceptors (Lipinski definition) is 4. The fraction of sp³-hybridized carbons (Fsp3) is 0.389. The molecule has 0 aliphatic carbocycles. The van der Waals surface area contributed by atoms with E-state index in [1.165, 1.54) is 5.56 Å². The zero-order valence-corrected chi connectivity index (χ0v) is 13.8. The second kappa shape index (κ2) is 8.88. The molecule has 0 saturated heterocycles. The van der Waals surface area contributed by atoms with Crippen molar-refractivity contribution < 1.29 is 4.79 Å². The van der Waals surface area contributed by atoms with Crippen LogP contribution in [0.5, 0.6) is 0 Å². The Morgan fingerprint density at radius 1 is 1.04 bits per heavy atom. The fourth-order valence-corrected chi connectivity index (χ4v) is 2.33. The van der Waals surface area contributed by atoms with Gasteiger partial charge in [0, 0.05) is 19.6 Å². The zero-order chi connectivity index (χ0) is 16.5. The van der Waals surface area contributed by atoms with Crippen molar-refractivity contribution >= 4 is 11.7 Å². The summed E-state index contributed by atoms with van der Waals surface area (Å²) in [5, 5.41) is 3.21. The highest BCUT2D eigenvalue weighted by Crippen LogP contribution is 2.08. The lowest BCUT2D eigenvalue weighted by molar-refractivity contribution is 0.0749. The van der Waals surface area contributed by atoms with E-state index in [0.717, 1.165) is 25.9 Å². The van der Waals surface area contributed by atoms with Gasteiger partial charge in [-0.1, -0.05) is 44.2 Å². The third kappa shape index (κ3) is 5.06. The van der Waals surface area contributed by atoms with Gasteiger partial charge in [-0.3, -0.25) is 4.79 Å². The molecule has 1 aromatic carbocycles. The Kier molecular flexibility index (Phi) is 6.54. The van der Waals surface area contributed by atoms with Gasteiger partial charge in [0.2, 0.25) is 0 Å². The Morgan fingerprint density at radius 2 is 1.74 bits per heavy atom. The predicted molar refractivity (Wildman–Crippen MR) is 92.3 cm³/mol. The lowest BCUT2D eigenvalue weighted by atomic mass is 10.2. The van der Waals surface area contributed by atoms with Gasteiger partial charge in [-0.25, -0.2) is 9.97 Å². The summed E-state index contributed by atoms with van der Waals surface area (Å²) in [6.45, 7) is 6.32. The van der Waals surface area contributed by atoms with Crippen LogP contribution in [0.25, 0.3) is 0 Å². The van der Waals surface area contributed by atoms with Crippen LogP contribution in [0, 0.1) is 0 Å². The van der Waals surface area contributed by atoms with Crippen molar-refractivity contribution in [3.8, 4) is 0 Å². The van der Waals surface area contributed by atoms with E-state index in [1.807, 2.05) is 35.2 Å². The molecule has 1 amide bonds. The van der Waals surface area contributed by atoms with E-state index < -0.39 is 0 Å². The van der Waals surface area contributed by atoms with Crippen LogP contribution < -0.4 is 5.32 Å². The molecular weight excluding hydrogens is 288 g/mol. The van der Waals surface area contributed by atoms with Crippen molar-refractivity contribution in [2.75, 3.05) is 18.4 Å². The van der Waals surface area contributed by atoms with E-state index in [9.17, 15) is 4.79 Å². The molecular formula is C18H24N4O. The molecule has 2 aromatic rings. The van der Waals surface area contributed by atoms with E-state index in [2.05, 4.69) is 29.1 Å². The monoisotopic (exact) mass is 312 g/mol. The van der Waals surface area contributed by atoms with Gasteiger partial charge in [0.05, 0.1) is 12.4 Å². The van der Waals surface area contributed by atoms with Gasteiger partial charge < -0.3 is 10.2 Å². The molecule has 5 heteroatoms. The summed E-state index contributed by atoms with van der Waals surface area (Å²) in [5.41, 5.74) is 1.57. The van der Waals surface area contributed by atoms with Crippen LogP contribution in [0.15, 0.2) is 42.7 Å². The number of anilines is 1. The SMILES string of the molecule is CCCN(CCC)C(=O)c1cnc(NCc2ccccc2)cn1. The number of aromatic nitrogens is 2. The minimum absolute atomic E-state index is 0.0455. The summed E-state index contributed by atoms with van der Waals surface area (Å²) < 4.78 is 0. The van der Waals surface area contributed by atoms with Crippen LogP contribution in [-0.2, 0) is 6.54 Å². The Hall–Kier alpha value is -2.43. The van der Waals surface area contributed by atoms with Crippen LogP contribution in [0.2, 0.25) is 0 Å². The zero-order valence-electron chi connectivity index (χ0n) is 13.8. The Balaban J connectivity index is 1.96. The number of amides is 1. The van der Waals surface area contributed by atoms with Crippen molar-refractivity contribution in [1.29, 1.82) is 0 Å². The third-order valence-corrected chi connectivity index (χ3v) is 3.46. The number of rotatable bonds is 8. The van der Waals surface area contributed by atoms with Crippen molar-refractivity contribution in [3.05, 3.63) is 54.0 Å². The van der Waals surface area contributed by atoms with Crippen molar-refractivity contribution in [1.82, 2.24) is 14.9 Å². The molecule has 1 heterocycles. The largest absolute Gasteiger partial charge is 0.365 e. The van der Waals surface area contributed by atoms with Gasteiger partial charge in [-0.05, 0) is 18.4 Å². The highest BCUT2D eigenvalue weighted by molar-refractivity contribution is 5.92. The molecule has 122 valence electrons. The molecule has 0 saturated carbocycles. The number of nitrogens with one attached hydrogen (secondary N) is 1. The standard InChI is InChI=1S/C18H24N4O/c1-3-10-22(11-4-2)18(23)16-13-21-17(14-19-16)20-12-15-8-6-5-7-9-15/h5-9,13-14H,3-4,10-12H2,1-2H3,(H,20,21). The number of carbonyl (C=O) groups excluding carboxylic acids is 1. The molecule has 1 aromatic heterocycles. The summed E-state index contributed by atoms with van der Waals surface area (Å²) in [6.07, 6.45) is 5.05. The first-order valence-electron chi connectivity index (χ1n) is 8.13. The minimum atomic E-state index is -0.0455. The van der Waals surface area contributed by atoms with Crippen molar-refractivity contribution in [2.24, 2.45) is 0 Å². The molecule has 0 fully saturated rings. The van der Waals surface area contributed by atoms with Crippen LogP contribution in [0.4, 0.5) is 5.82 Å². The number of hydrogen-bond donors (Lipinski definition) is 1. The van der Waals surface area contributed by atoms with E-state index in [0.29, 0.717) is 18.1 Å². The summed E-state index contributed by atoms with van der Waals surface area (Å²) >= 11 is 0. The summed E-state index contributed by atoms with van der Waals surface area (Å²) in [6, 6.07) is 10.1. The smallest absolute Gasteiger partial charge is 0.274 e. The Labute approximate surface area is 137 Å². The Morgan fingerprint density at radius 3 is 2.30 bits per heavy atom. The number of carbonyl (C=O) groups is 1. The van der Waals surface area contributed by atoms with Gasteiger partial charge in [0.25, 0.3) is 5.91 Å². The number of benzene rings is 1. The van der Waals surface area contributed by atoms with Gasteiger partial charge in [0.1, 0.15) is 11.5 Å². The van der Waals surface area contributed by atoms with Crippen LogP contribution in [-0.4, -0.2) is 33.9 Å². The lowest BCUT2D eigenvalue weighted by Crippen LogP contribution is -2.33. The minimum Gasteiger partial charge on any atom is -0.365 e. The molecule has 2 rings (SSSR count). The molecule has 0 unspecified atom stereocenters. The van der Waals surface area contributed by atoms with Gasteiger partial charge in [-0.2, -0.15) is 0 Å². The van der Waals surface area contributed by atoms with Crippen molar-refractivity contribution in [3.63, 3.8) is 0 Å². The molecule has 0 aliphatic heterocycles. The second-order valence-electron chi connectivity index (χ2n) is 5.42. The summed E-state index contributed by atoms with van der Waals surface area (Å²) in [4.78, 5) is 22.8. The molecule has 1 N–H and O–H groups in total. The Bertz CT molecular complexity index is 592.